The molecule has 4 nitrogen and oxygen atoms in total. The molecule has 3 aromatic carbocycles. The highest BCUT2D eigenvalue weighted by molar-refractivity contribution is 6.30. The van der Waals surface area contributed by atoms with Crippen LogP contribution in [-0.2, 0) is 10.3 Å². The van der Waals surface area contributed by atoms with Crippen LogP contribution in [0.2, 0.25) is 5.02 Å². The molecular formula is C24H25ClN2O2. The number of rotatable bonds is 7. The van der Waals surface area contributed by atoms with E-state index in [0.29, 0.717) is 11.6 Å². The number of nitrogens with one attached hydrogen (secondary N) is 2. The van der Waals surface area contributed by atoms with Crippen LogP contribution in [0.3, 0.4) is 0 Å². The number of methoxy groups -OCH3 is 1. The summed E-state index contributed by atoms with van der Waals surface area (Å²) in [6.07, 6.45) is 0. The molecule has 1 unspecified atom stereocenters. The van der Waals surface area contributed by atoms with Crippen LogP contribution in [0.5, 0.6) is 0 Å². The Kier molecular flexibility index (Phi) is 6.91. The molecule has 2 N–H and O–H groups in total. The largest absolute Gasteiger partial charge is 0.372 e. The van der Waals surface area contributed by atoms with Crippen molar-refractivity contribution in [3.8, 4) is 0 Å². The van der Waals surface area contributed by atoms with E-state index in [-0.39, 0.29) is 12.1 Å². The van der Waals surface area contributed by atoms with Crippen LogP contribution in [0.1, 0.15) is 29.7 Å². The van der Waals surface area contributed by atoms with Gasteiger partial charge in [-0.1, -0.05) is 84.4 Å². The second-order valence-electron chi connectivity index (χ2n) is 7.03. The molecule has 0 heterocycles. The topological polar surface area (TPSA) is 50.4 Å². The molecule has 150 valence electrons. The molecule has 0 radical (unpaired) electrons. The van der Waals surface area contributed by atoms with Crippen molar-refractivity contribution in [2.24, 2.45) is 0 Å². The summed E-state index contributed by atoms with van der Waals surface area (Å²) in [5, 5.41) is 6.65. The lowest BCUT2D eigenvalue weighted by Crippen LogP contribution is -2.45. The van der Waals surface area contributed by atoms with Gasteiger partial charge in [-0.3, -0.25) is 0 Å². The van der Waals surface area contributed by atoms with Crippen LogP contribution >= 0.6 is 11.6 Å². The summed E-state index contributed by atoms with van der Waals surface area (Å²) in [7, 11) is 1.62. The Morgan fingerprint density at radius 3 is 2.07 bits per heavy atom. The van der Waals surface area contributed by atoms with E-state index in [1.807, 2.05) is 91.9 Å². The maximum absolute atomic E-state index is 12.8. The fourth-order valence-corrected chi connectivity index (χ4v) is 3.38. The van der Waals surface area contributed by atoms with Crippen LogP contribution in [0.4, 0.5) is 4.79 Å². The number of urea groups is 1. The van der Waals surface area contributed by atoms with Crippen LogP contribution in [-0.4, -0.2) is 19.7 Å². The molecule has 2 amide bonds. The van der Waals surface area contributed by atoms with Crippen LogP contribution in [0.15, 0.2) is 84.9 Å². The molecule has 0 aliphatic heterocycles. The van der Waals surface area contributed by atoms with E-state index in [1.54, 1.807) is 7.11 Å². The van der Waals surface area contributed by atoms with Gasteiger partial charge in [-0.15, -0.1) is 0 Å². The fraction of sp³-hybridized carbons (Fsp3) is 0.208. The van der Waals surface area contributed by atoms with Gasteiger partial charge in [0.15, 0.2) is 0 Å². The Hall–Kier alpha value is -2.82. The number of benzene rings is 3. The lowest BCUT2D eigenvalue weighted by molar-refractivity contribution is 0.00484. The minimum atomic E-state index is -0.697. The minimum Gasteiger partial charge on any atom is -0.372 e. The lowest BCUT2D eigenvalue weighted by atomic mass is 9.95. The van der Waals surface area contributed by atoms with Gasteiger partial charge < -0.3 is 15.4 Å². The smallest absolute Gasteiger partial charge is 0.315 e. The van der Waals surface area contributed by atoms with Gasteiger partial charge in [0.05, 0.1) is 12.6 Å². The monoisotopic (exact) mass is 408 g/mol. The molecular weight excluding hydrogens is 384 g/mol. The standard InChI is InChI=1S/C24H25ClN2O2/c1-24(29-2,20-14-9-15-21(25)16-20)17-26-23(28)27-22(18-10-5-3-6-11-18)19-12-7-4-8-13-19/h3-16,22H,17H2,1-2H3,(H2,26,27,28). The predicted molar refractivity (Wildman–Crippen MR) is 117 cm³/mol. The second kappa shape index (κ2) is 9.59. The first-order valence-electron chi connectivity index (χ1n) is 9.47. The van der Waals surface area contributed by atoms with Crippen molar-refractivity contribution >= 4 is 17.6 Å². The summed E-state index contributed by atoms with van der Waals surface area (Å²) in [4.78, 5) is 12.8. The Labute approximate surface area is 176 Å². The van der Waals surface area contributed by atoms with E-state index < -0.39 is 5.60 Å². The van der Waals surface area contributed by atoms with Crippen molar-refractivity contribution in [1.82, 2.24) is 10.6 Å². The maximum atomic E-state index is 12.8. The third-order valence-corrected chi connectivity index (χ3v) is 5.25. The third-order valence-electron chi connectivity index (χ3n) is 5.01. The van der Waals surface area contributed by atoms with Gasteiger partial charge in [0.1, 0.15) is 5.60 Å². The summed E-state index contributed by atoms with van der Waals surface area (Å²) in [5.74, 6) is 0. The van der Waals surface area contributed by atoms with Crippen molar-refractivity contribution in [3.63, 3.8) is 0 Å². The van der Waals surface area contributed by atoms with Crippen molar-refractivity contribution in [1.29, 1.82) is 0 Å². The SMILES string of the molecule is COC(C)(CNC(=O)NC(c1ccccc1)c1ccccc1)c1cccc(Cl)c1. The van der Waals surface area contributed by atoms with Gasteiger partial charge in [0, 0.05) is 12.1 Å². The molecule has 0 fully saturated rings. The molecule has 0 aliphatic carbocycles. The highest BCUT2D eigenvalue weighted by Gasteiger charge is 2.27. The van der Waals surface area contributed by atoms with Crippen LogP contribution in [0, 0.1) is 0 Å². The normalized spacial score (nSPS) is 13.0. The Morgan fingerprint density at radius 2 is 1.55 bits per heavy atom. The molecule has 0 aromatic heterocycles. The lowest BCUT2D eigenvalue weighted by Gasteiger charge is -2.30. The maximum Gasteiger partial charge on any atom is 0.315 e. The number of hydrogen-bond acceptors (Lipinski definition) is 2. The van der Waals surface area contributed by atoms with E-state index in [4.69, 9.17) is 16.3 Å². The summed E-state index contributed by atoms with van der Waals surface area (Å²) in [6.45, 7) is 2.22. The highest BCUT2D eigenvalue weighted by Crippen LogP contribution is 2.26. The van der Waals surface area contributed by atoms with Crippen molar-refractivity contribution in [3.05, 3.63) is 107 Å². The Morgan fingerprint density at radius 1 is 0.966 bits per heavy atom. The van der Waals surface area contributed by atoms with E-state index in [9.17, 15) is 4.79 Å². The fourth-order valence-electron chi connectivity index (χ4n) is 3.19. The van der Waals surface area contributed by atoms with E-state index in [1.165, 1.54) is 0 Å². The molecule has 3 rings (SSSR count). The minimum absolute atomic E-state index is 0.252. The zero-order valence-corrected chi connectivity index (χ0v) is 17.3. The number of amides is 2. The first kappa shape index (κ1) is 20.9. The van der Waals surface area contributed by atoms with Crippen LogP contribution in [0.25, 0.3) is 0 Å². The van der Waals surface area contributed by atoms with Gasteiger partial charge >= 0.3 is 6.03 Å². The summed E-state index contributed by atoms with van der Waals surface area (Å²) >= 11 is 6.12. The average Bonchev–Trinajstić information content (AvgIpc) is 2.77. The molecule has 29 heavy (non-hydrogen) atoms. The van der Waals surface area contributed by atoms with E-state index >= 15 is 0 Å². The number of carbonyl (C=O) groups is 1. The molecule has 0 aliphatic rings. The van der Waals surface area contributed by atoms with E-state index in [0.717, 1.165) is 16.7 Å². The molecule has 5 heteroatoms. The van der Waals surface area contributed by atoms with Gasteiger partial charge in [0.2, 0.25) is 0 Å². The Balaban J connectivity index is 1.73. The average molecular weight is 409 g/mol. The number of ether oxygens (including phenoxy) is 1. The molecule has 0 spiro atoms. The predicted octanol–water partition coefficient (Wildman–Crippen LogP) is 5.29. The first-order chi connectivity index (χ1) is 14.0. The molecule has 3 aromatic rings. The van der Waals surface area contributed by atoms with Crippen molar-refractivity contribution < 1.29 is 9.53 Å². The number of carbonyl (C=O) groups excluding carboxylic acids is 1. The van der Waals surface area contributed by atoms with Crippen molar-refractivity contribution in [2.75, 3.05) is 13.7 Å². The van der Waals surface area contributed by atoms with Crippen LogP contribution < -0.4 is 10.6 Å². The quantitative estimate of drug-likeness (QED) is 0.558. The number of hydrogen-bond donors (Lipinski definition) is 2. The van der Waals surface area contributed by atoms with Gasteiger partial charge in [-0.2, -0.15) is 0 Å². The third kappa shape index (κ3) is 5.37. The molecule has 1 atom stereocenters. The highest BCUT2D eigenvalue weighted by atomic mass is 35.5. The first-order valence-corrected chi connectivity index (χ1v) is 9.85. The van der Waals surface area contributed by atoms with Crippen molar-refractivity contribution in [2.45, 2.75) is 18.6 Å². The second-order valence-corrected chi connectivity index (χ2v) is 7.46. The summed E-state index contributed by atoms with van der Waals surface area (Å²) in [5.41, 5.74) is 2.23. The summed E-state index contributed by atoms with van der Waals surface area (Å²) in [6, 6.07) is 26.7. The Bertz CT molecular complexity index is 894. The van der Waals surface area contributed by atoms with Gasteiger partial charge in [0.25, 0.3) is 0 Å². The van der Waals surface area contributed by atoms with Gasteiger partial charge in [-0.25, -0.2) is 4.79 Å². The zero-order valence-electron chi connectivity index (χ0n) is 16.6. The molecule has 0 saturated heterocycles. The molecule has 0 saturated carbocycles. The molecule has 0 bridgehead atoms. The number of halogens is 1. The zero-order chi connectivity index (χ0) is 20.7. The van der Waals surface area contributed by atoms with Gasteiger partial charge in [-0.05, 0) is 35.7 Å². The van der Waals surface area contributed by atoms with E-state index in [2.05, 4.69) is 10.6 Å². The summed E-state index contributed by atoms with van der Waals surface area (Å²) < 4.78 is 5.70.